The van der Waals surface area contributed by atoms with Crippen molar-refractivity contribution < 1.29 is 9.18 Å². The number of rotatable bonds is 2. The van der Waals surface area contributed by atoms with Crippen molar-refractivity contribution in [3.05, 3.63) is 34.6 Å². The van der Waals surface area contributed by atoms with Crippen LogP contribution in [0.4, 0.5) is 4.39 Å². The third kappa shape index (κ3) is 2.78. The summed E-state index contributed by atoms with van der Waals surface area (Å²) in [7, 11) is 0. The van der Waals surface area contributed by atoms with Crippen molar-refractivity contribution >= 4 is 29.1 Å². The van der Waals surface area contributed by atoms with Crippen molar-refractivity contribution in [2.24, 2.45) is 5.92 Å². The van der Waals surface area contributed by atoms with Crippen LogP contribution < -0.4 is 0 Å². The molecule has 1 aromatic carbocycles. The Morgan fingerprint density at radius 2 is 2.28 bits per heavy atom. The second kappa shape index (κ2) is 5.89. The lowest BCUT2D eigenvalue weighted by molar-refractivity contribution is 0.0684. The smallest absolute Gasteiger partial charge is 0.255 e. The van der Waals surface area contributed by atoms with Gasteiger partial charge in [-0.1, -0.05) is 17.7 Å². The summed E-state index contributed by atoms with van der Waals surface area (Å²) in [6.45, 7) is 1.30. The molecule has 1 fully saturated rings. The third-order valence-corrected chi connectivity index (χ3v) is 4.03. The quantitative estimate of drug-likeness (QED) is 0.762. The van der Waals surface area contributed by atoms with E-state index in [9.17, 15) is 9.18 Å². The monoisotopic (exact) mass is 289 g/mol. The normalized spacial score (nSPS) is 19.9. The van der Waals surface area contributed by atoms with Gasteiger partial charge in [0.2, 0.25) is 0 Å². The molecule has 18 heavy (non-hydrogen) atoms. The highest BCUT2D eigenvalue weighted by Gasteiger charge is 2.25. The van der Waals surface area contributed by atoms with Gasteiger partial charge < -0.3 is 4.90 Å². The fourth-order valence-electron chi connectivity index (χ4n) is 2.21. The summed E-state index contributed by atoms with van der Waals surface area (Å²) < 4.78 is 13.3. The molecule has 1 aromatic rings. The van der Waals surface area contributed by atoms with Gasteiger partial charge in [-0.05, 0) is 30.9 Å². The van der Waals surface area contributed by atoms with Gasteiger partial charge in [0.1, 0.15) is 5.82 Å². The average Bonchev–Trinajstić information content (AvgIpc) is 2.41. The van der Waals surface area contributed by atoms with Crippen LogP contribution in [0.25, 0.3) is 0 Å². The molecule has 5 heteroatoms. The van der Waals surface area contributed by atoms with Crippen molar-refractivity contribution in [2.45, 2.75) is 12.8 Å². The number of nitrogens with zero attached hydrogens (tertiary/aromatic N) is 1. The standard InChI is InChI=1S/C13H14Cl2FNO/c14-7-9-3-2-6-17(8-9)13(18)10-4-1-5-11(16)12(10)15/h1,4-5,9H,2-3,6-8H2. The van der Waals surface area contributed by atoms with Crippen LogP contribution in [-0.2, 0) is 0 Å². The van der Waals surface area contributed by atoms with Crippen molar-refractivity contribution in [3.63, 3.8) is 0 Å². The van der Waals surface area contributed by atoms with Crippen LogP contribution in [0.3, 0.4) is 0 Å². The summed E-state index contributed by atoms with van der Waals surface area (Å²) in [4.78, 5) is 14.0. The van der Waals surface area contributed by atoms with E-state index >= 15 is 0 Å². The number of hydrogen-bond acceptors (Lipinski definition) is 1. The zero-order valence-corrected chi connectivity index (χ0v) is 11.3. The first kappa shape index (κ1) is 13.6. The summed E-state index contributed by atoms with van der Waals surface area (Å²) in [6.07, 6.45) is 1.96. The van der Waals surface area contributed by atoms with Crippen LogP contribution in [0, 0.1) is 11.7 Å². The van der Waals surface area contributed by atoms with Gasteiger partial charge in [-0.2, -0.15) is 0 Å². The van der Waals surface area contributed by atoms with E-state index in [0.717, 1.165) is 12.8 Å². The molecule has 0 saturated carbocycles. The first-order valence-corrected chi connectivity index (χ1v) is 6.84. The largest absolute Gasteiger partial charge is 0.338 e. The van der Waals surface area contributed by atoms with Gasteiger partial charge >= 0.3 is 0 Å². The van der Waals surface area contributed by atoms with Crippen molar-refractivity contribution in [1.82, 2.24) is 4.90 Å². The Hall–Kier alpha value is -0.800. The first-order valence-electron chi connectivity index (χ1n) is 5.92. The molecule has 0 N–H and O–H groups in total. The number of alkyl halides is 1. The van der Waals surface area contributed by atoms with Gasteiger partial charge in [0.15, 0.2) is 0 Å². The van der Waals surface area contributed by atoms with Gasteiger partial charge in [-0.15, -0.1) is 11.6 Å². The Kier molecular flexibility index (Phi) is 4.46. The van der Waals surface area contributed by atoms with E-state index < -0.39 is 5.82 Å². The molecule has 0 aliphatic carbocycles. The van der Waals surface area contributed by atoms with E-state index in [2.05, 4.69) is 0 Å². The molecule has 98 valence electrons. The zero-order chi connectivity index (χ0) is 13.1. The van der Waals surface area contributed by atoms with Crippen LogP contribution in [0.5, 0.6) is 0 Å². The minimum absolute atomic E-state index is 0.101. The number of piperidine rings is 1. The second-order valence-corrected chi connectivity index (χ2v) is 5.20. The van der Waals surface area contributed by atoms with E-state index in [1.165, 1.54) is 12.1 Å². The highest BCUT2D eigenvalue weighted by Crippen LogP contribution is 2.24. The lowest BCUT2D eigenvalue weighted by Gasteiger charge is -2.32. The number of halogens is 3. The maximum Gasteiger partial charge on any atom is 0.255 e. The third-order valence-electron chi connectivity index (χ3n) is 3.21. The molecular weight excluding hydrogens is 276 g/mol. The molecule has 1 aliphatic heterocycles. The molecule has 2 rings (SSSR count). The molecule has 1 saturated heterocycles. The Labute approximate surface area is 116 Å². The van der Waals surface area contributed by atoms with Gasteiger partial charge in [-0.3, -0.25) is 4.79 Å². The number of hydrogen-bond donors (Lipinski definition) is 0. The second-order valence-electron chi connectivity index (χ2n) is 4.52. The molecule has 0 radical (unpaired) electrons. The molecular formula is C13H14Cl2FNO. The number of likely N-dealkylation sites (tertiary alicyclic amines) is 1. The highest BCUT2D eigenvalue weighted by molar-refractivity contribution is 6.34. The van der Waals surface area contributed by atoms with Crippen molar-refractivity contribution in [2.75, 3.05) is 19.0 Å². The molecule has 0 spiro atoms. The van der Waals surface area contributed by atoms with Crippen LogP contribution in [0.2, 0.25) is 5.02 Å². The SMILES string of the molecule is O=C(c1cccc(F)c1Cl)N1CCCC(CCl)C1. The van der Waals surface area contributed by atoms with Gasteiger partial charge in [0.05, 0.1) is 10.6 Å². The molecule has 0 bridgehead atoms. The Morgan fingerprint density at radius 3 is 3.00 bits per heavy atom. The Balaban J connectivity index is 2.18. The van der Waals surface area contributed by atoms with E-state index in [1.54, 1.807) is 11.0 Å². The average molecular weight is 290 g/mol. The molecule has 1 aliphatic rings. The number of carbonyl (C=O) groups excluding carboxylic acids is 1. The first-order chi connectivity index (χ1) is 8.63. The van der Waals surface area contributed by atoms with Crippen LogP contribution in [0.15, 0.2) is 18.2 Å². The summed E-state index contributed by atoms with van der Waals surface area (Å²) in [5.74, 6) is 0.0835. The number of amides is 1. The summed E-state index contributed by atoms with van der Waals surface area (Å²) in [6, 6.07) is 4.30. The fraction of sp³-hybridized carbons (Fsp3) is 0.462. The Morgan fingerprint density at radius 1 is 1.50 bits per heavy atom. The molecule has 1 unspecified atom stereocenters. The topological polar surface area (TPSA) is 20.3 Å². The van der Waals surface area contributed by atoms with Crippen molar-refractivity contribution in [3.8, 4) is 0 Å². The van der Waals surface area contributed by atoms with E-state index in [1.807, 2.05) is 0 Å². The number of carbonyl (C=O) groups is 1. The molecule has 2 nitrogen and oxygen atoms in total. The van der Waals surface area contributed by atoms with Gasteiger partial charge in [-0.25, -0.2) is 4.39 Å². The predicted molar refractivity (Wildman–Crippen MR) is 70.8 cm³/mol. The molecule has 1 heterocycles. The maximum absolute atomic E-state index is 13.3. The molecule has 1 amide bonds. The van der Waals surface area contributed by atoms with E-state index in [4.69, 9.17) is 23.2 Å². The Bertz CT molecular complexity index is 453. The highest BCUT2D eigenvalue weighted by atomic mass is 35.5. The van der Waals surface area contributed by atoms with Gasteiger partial charge in [0, 0.05) is 19.0 Å². The number of benzene rings is 1. The molecule has 0 aromatic heterocycles. The predicted octanol–water partition coefficient (Wildman–Crippen LogP) is 3.57. The lowest BCUT2D eigenvalue weighted by atomic mass is 9.99. The summed E-state index contributed by atoms with van der Waals surface area (Å²) in [5.41, 5.74) is 0.229. The van der Waals surface area contributed by atoms with Crippen LogP contribution in [-0.4, -0.2) is 29.8 Å². The fourth-order valence-corrected chi connectivity index (χ4v) is 2.67. The maximum atomic E-state index is 13.3. The molecule has 1 atom stereocenters. The lowest BCUT2D eigenvalue weighted by Crippen LogP contribution is -2.40. The summed E-state index contributed by atoms with van der Waals surface area (Å²) in [5, 5.41) is -0.101. The van der Waals surface area contributed by atoms with Crippen molar-refractivity contribution in [1.29, 1.82) is 0 Å². The zero-order valence-electron chi connectivity index (χ0n) is 9.83. The minimum Gasteiger partial charge on any atom is -0.338 e. The van der Waals surface area contributed by atoms with E-state index in [-0.39, 0.29) is 16.5 Å². The van der Waals surface area contributed by atoms with Gasteiger partial charge in [0.25, 0.3) is 5.91 Å². The van der Waals surface area contributed by atoms with Crippen LogP contribution in [0.1, 0.15) is 23.2 Å². The minimum atomic E-state index is -0.562. The summed E-state index contributed by atoms with van der Waals surface area (Å²) >= 11 is 11.7. The van der Waals surface area contributed by atoms with Crippen LogP contribution >= 0.6 is 23.2 Å². The van der Waals surface area contributed by atoms with E-state index in [0.29, 0.717) is 24.9 Å².